The summed E-state index contributed by atoms with van der Waals surface area (Å²) in [5.41, 5.74) is -1.60. The molecular formula is C10H18O3SSe. The molecule has 2 N–H and O–H groups in total. The van der Waals surface area contributed by atoms with E-state index in [9.17, 15) is 9.90 Å². The topological polar surface area (TPSA) is 57.5 Å². The normalized spacial score (nSPS) is 14.6. The molecule has 0 aromatic rings. The van der Waals surface area contributed by atoms with Gasteiger partial charge >= 0.3 is 101 Å². The number of unbranched alkanes of at least 4 members (excludes halogenated alkanes) is 1. The molecule has 0 aromatic carbocycles. The molecule has 0 saturated heterocycles. The number of carbonyl (C=O) groups is 1. The van der Waals surface area contributed by atoms with Gasteiger partial charge in [0, 0.05) is 0 Å². The van der Waals surface area contributed by atoms with Gasteiger partial charge in [0.1, 0.15) is 0 Å². The van der Waals surface area contributed by atoms with Crippen molar-refractivity contribution in [3.05, 3.63) is 10.4 Å². The van der Waals surface area contributed by atoms with Gasteiger partial charge in [0.25, 0.3) is 0 Å². The predicted molar refractivity (Wildman–Crippen MR) is 65.3 cm³/mol. The Balaban J connectivity index is 3.75. The third-order valence-corrected chi connectivity index (χ3v) is 6.06. The quantitative estimate of drug-likeness (QED) is 0.531. The summed E-state index contributed by atoms with van der Waals surface area (Å²) in [6.07, 6.45) is 2.30. The van der Waals surface area contributed by atoms with E-state index in [2.05, 4.69) is 13.5 Å². The summed E-state index contributed by atoms with van der Waals surface area (Å²) >= 11 is 1.67. The number of aliphatic hydroxyl groups is 1. The number of carboxylic acid groups (broad SMARTS) is 1. The molecule has 88 valence electrons. The molecule has 0 saturated carbocycles. The van der Waals surface area contributed by atoms with Gasteiger partial charge in [-0.25, -0.2) is 0 Å². The first kappa shape index (κ1) is 15.0. The van der Waals surface area contributed by atoms with E-state index < -0.39 is 11.6 Å². The molecule has 1 atom stereocenters. The van der Waals surface area contributed by atoms with Crippen LogP contribution in [0.25, 0.3) is 0 Å². The van der Waals surface area contributed by atoms with Gasteiger partial charge in [-0.1, -0.05) is 0 Å². The van der Waals surface area contributed by atoms with Crippen LogP contribution in [0.2, 0.25) is 5.32 Å². The van der Waals surface area contributed by atoms with E-state index in [1.807, 2.05) is 0 Å². The molecule has 0 heterocycles. The zero-order valence-electron chi connectivity index (χ0n) is 9.15. The van der Waals surface area contributed by atoms with E-state index in [0.717, 1.165) is 22.4 Å². The maximum atomic E-state index is 10.6. The van der Waals surface area contributed by atoms with Crippen molar-refractivity contribution in [3.63, 3.8) is 0 Å². The molecule has 5 heteroatoms. The van der Waals surface area contributed by atoms with Crippen molar-refractivity contribution < 1.29 is 15.0 Å². The average molecular weight is 297 g/mol. The van der Waals surface area contributed by atoms with E-state index in [0.29, 0.717) is 0 Å². The Morgan fingerprint density at radius 2 is 2.20 bits per heavy atom. The van der Waals surface area contributed by atoms with Crippen LogP contribution in [0.5, 0.6) is 0 Å². The molecule has 0 aliphatic heterocycles. The summed E-state index contributed by atoms with van der Waals surface area (Å²) in [4.78, 5) is 10.6. The standard InChI is InChI=1S/C10H18O3SSe/c1-4-5-6-14-8(2)15-7-10(3,13)9(11)12/h13H,2,4-7H2,1,3H3,(H,11,12). The Hall–Kier alpha value is 0.0395. The predicted octanol–water partition coefficient (Wildman–Crippen LogP) is 1.95. The van der Waals surface area contributed by atoms with Gasteiger partial charge < -0.3 is 0 Å². The molecule has 0 aliphatic rings. The van der Waals surface area contributed by atoms with Gasteiger partial charge in [-0.15, -0.1) is 0 Å². The molecule has 0 aromatic heterocycles. The fraction of sp³-hybridized carbons (Fsp3) is 0.700. The number of aliphatic carboxylic acids is 1. The zero-order valence-corrected chi connectivity index (χ0v) is 11.7. The zero-order chi connectivity index (χ0) is 11.9. The Morgan fingerprint density at radius 3 is 2.67 bits per heavy atom. The van der Waals surface area contributed by atoms with Gasteiger partial charge in [-0.05, 0) is 0 Å². The van der Waals surface area contributed by atoms with Crippen molar-refractivity contribution in [2.45, 2.75) is 37.6 Å². The number of rotatable bonds is 8. The number of carboxylic acids is 1. The van der Waals surface area contributed by atoms with E-state index in [-0.39, 0.29) is 20.3 Å². The third-order valence-electron chi connectivity index (χ3n) is 1.74. The second-order valence-electron chi connectivity index (χ2n) is 3.44. The molecule has 0 amide bonds. The van der Waals surface area contributed by atoms with Crippen molar-refractivity contribution >= 4 is 32.7 Å². The second kappa shape index (κ2) is 7.34. The van der Waals surface area contributed by atoms with Gasteiger partial charge in [0.05, 0.1) is 0 Å². The molecule has 0 spiro atoms. The van der Waals surface area contributed by atoms with Crippen LogP contribution in [0, 0.1) is 0 Å². The maximum absolute atomic E-state index is 10.6. The fourth-order valence-corrected chi connectivity index (χ4v) is 3.94. The van der Waals surface area contributed by atoms with Crippen LogP contribution in [0.4, 0.5) is 0 Å². The summed E-state index contributed by atoms with van der Waals surface area (Å²) < 4.78 is 1.01. The summed E-state index contributed by atoms with van der Waals surface area (Å²) in [5.74, 6) is -0.123. The first-order valence-corrected chi connectivity index (χ1v) is 7.85. The molecule has 3 nitrogen and oxygen atoms in total. The number of hydrogen-bond donors (Lipinski definition) is 2. The average Bonchev–Trinajstić information content (AvgIpc) is 2.15. The van der Waals surface area contributed by atoms with Crippen LogP contribution >= 0.6 is 11.8 Å². The van der Waals surface area contributed by atoms with Crippen molar-refractivity contribution in [2.24, 2.45) is 0 Å². The van der Waals surface area contributed by atoms with Crippen LogP contribution in [0.3, 0.4) is 0 Å². The molecule has 0 bridgehead atoms. The second-order valence-corrected chi connectivity index (χ2v) is 7.46. The Morgan fingerprint density at radius 1 is 1.60 bits per heavy atom. The van der Waals surface area contributed by atoms with Gasteiger partial charge in [-0.3, -0.25) is 0 Å². The summed E-state index contributed by atoms with van der Waals surface area (Å²) in [5, 5.41) is 18.5. The number of thioether (sulfide) groups is 1. The van der Waals surface area contributed by atoms with Gasteiger partial charge in [0.2, 0.25) is 0 Å². The van der Waals surface area contributed by atoms with Crippen LogP contribution in [0.15, 0.2) is 10.4 Å². The first-order valence-electron chi connectivity index (χ1n) is 4.80. The first-order chi connectivity index (χ1) is 6.90. The van der Waals surface area contributed by atoms with Crippen LogP contribution in [-0.2, 0) is 4.79 Å². The van der Waals surface area contributed by atoms with Gasteiger partial charge in [-0.2, -0.15) is 0 Å². The van der Waals surface area contributed by atoms with Crippen molar-refractivity contribution in [2.75, 3.05) is 5.75 Å². The van der Waals surface area contributed by atoms with E-state index in [1.165, 1.54) is 6.92 Å². The Kier molecular flexibility index (Phi) is 7.35. The molecular weight excluding hydrogens is 279 g/mol. The molecule has 1 unspecified atom stereocenters. The van der Waals surface area contributed by atoms with Crippen molar-refractivity contribution in [3.8, 4) is 0 Å². The van der Waals surface area contributed by atoms with Gasteiger partial charge in [0.15, 0.2) is 0 Å². The Bertz CT molecular complexity index is 229. The minimum absolute atomic E-state index is 0.0136. The van der Waals surface area contributed by atoms with Crippen molar-refractivity contribution in [1.29, 1.82) is 0 Å². The van der Waals surface area contributed by atoms with Crippen LogP contribution in [-0.4, -0.2) is 42.5 Å². The minimum atomic E-state index is -1.60. The molecule has 0 rings (SSSR count). The molecule has 0 fully saturated rings. The van der Waals surface area contributed by atoms with Crippen LogP contribution < -0.4 is 0 Å². The molecule has 15 heavy (non-hydrogen) atoms. The molecule has 0 radical (unpaired) electrons. The number of hydrogen-bond acceptors (Lipinski definition) is 3. The van der Waals surface area contributed by atoms with E-state index >= 15 is 0 Å². The monoisotopic (exact) mass is 298 g/mol. The summed E-state index contributed by atoms with van der Waals surface area (Å²) in [6, 6.07) is 0. The summed E-state index contributed by atoms with van der Waals surface area (Å²) in [7, 11) is 0. The van der Waals surface area contributed by atoms with Crippen molar-refractivity contribution in [1.82, 2.24) is 0 Å². The SMILES string of the molecule is C=C(SCCCC)[Se]CC(C)(O)C(=O)O. The fourth-order valence-electron chi connectivity index (χ4n) is 0.655. The Labute approximate surface area is 101 Å². The van der Waals surface area contributed by atoms with E-state index in [4.69, 9.17) is 5.11 Å². The van der Waals surface area contributed by atoms with Crippen LogP contribution in [0.1, 0.15) is 26.7 Å². The third kappa shape index (κ3) is 7.01. The molecule has 0 aliphatic carbocycles. The summed E-state index contributed by atoms with van der Waals surface area (Å²) in [6.45, 7) is 7.34. The van der Waals surface area contributed by atoms with E-state index in [1.54, 1.807) is 11.8 Å².